The first-order chi connectivity index (χ1) is 14.6. The fourth-order valence-electron chi connectivity index (χ4n) is 3.14. The van der Waals surface area contributed by atoms with Gasteiger partial charge in [0.25, 0.3) is 0 Å². The molecule has 2 aromatic rings. The topological polar surface area (TPSA) is 94.7 Å². The second kappa shape index (κ2) is 10.5. The maximum Gasteiger partial charge on any atom is 0.321 e. The second-order valence-electron chi connectivity index (χ2n) is 7.80. The van der Waals surface area contributed by atoms with Gasteiger partial charge in [0.15, 0.2) is 5.92 Å². The van der Waals surface area contributed by atoms with E-state index in [4.69, 9.17) is 25.8 Å². The second-order valence-corrected chi connectivity index (χ2v) is 8.24. The zero-order valence-corrected chi connectivity index (χ0v) is 19.1. The molecular weight excluding hydrogens is 422 g/mol. The molecule has 1 atom stereocenters. The number of H-pyrrole nitrogens is 1. The van der Waals surface area contributed by atoms with Crippen molar-refractivity contribution in [3.63, 3.8) is 0 Å². The molecule has 7 nitrogen and oxygen atoms in total. The van der Waals surface area contributed by atoms with Gasteiger partial charge in [-0.2, -0.15) is 0 Å². The standard InChI is InChI=1S/C23H28ClNO6/c1-6-29-20(26)18(21(27)30-7-2)17(22(28)31-23(3,4)5)19-16(12-13-25-19)14-8-10-15(24)11-9-14/h8-13,17-18,25H,6-7H2,1-5H3/t17-/m0/s1. The van der Waals surface area contributed by atoms with E-state index >= 15 is 0 Å². The summed E-state index contributed by atoms with van der Waals surface area (Å²) in [5, 5.41) is 0.556. The van der Waals surface area contributed by atoms with Crippen LogP contribution in [0.25, 0.3) is 11.1 Å². The number of aromatic nitrogens is 1. The van der Waals surface area contributed by atoms with Crippen molar-refractivity contribution in [1.29, 1.82) is 0 Å². The number of esters is 3. The molecule has 0 bridgehead atoms. The van der Waals surface area contributed by atoms with Crippen molar-refractivity contribution in [3.05, 3.63) is 47.2 Å². The van der Waals surface area contributed by atoms with Crippen LogP contribution < -0.4 is 0 Å². The number of ether oxygens (including phenoxy) is 3. The smallest absolute Gasteiger partial charge is 0.321 e. The third-order valence-corrected chi connectivity index (χ3v) is 4.57. The van der Waals surface area contributed by atoms with Crippen molar-refractivity contribution in [2.75, 3.05) is 13.2 Å². The van der Waals surface area contributed by atoms with Gasteiger partial charge in [0.05, 0.1) is 13.2 Å². The molecule has 0 saturated heterocycles. The first-order valence-corrected chi connectivity index (χ1v) is 10.5. The number of halogens is 1. The Kier molecular flexibility index (Phi) is 8.28. The van der Waals surface area contributed by atoms with E-state index in [9.17, 15) is 14.4 Å². The summed E-state index contributed by atoms with van der Waals surface area (Å²) in [5.74, 6) is -5.27. The molecule has 2 rings (SSSR count). The molecule has 0 aliphatic heterocycles. The van der Waals surface area contributed by atoms with Crippen LogP contribution in [0.2, 0.25) is 5.02 Å². The van der Waals surface area contributed by atoms with Gasteiger partial charge in [-0.05, 0) is 58.4 Å². The Bertz CT molecular complexity index is 895. The van der Waals surface area contributed by atoms with Gasteiger partial charge in [0.1, 0.15) is 11.5 Å². The summed E-state index contributed by atoms with van der Waals surface area (Å²) in [6.45, 7) is 8.46. The van der Waals surface area contributed by atoms with Crippen LogP contribution in [0.15, 0.2) is 36.5 Å². The summed E-state index contributed by atoms with van der Waals surface area (Å²) in [4.78, 5) is 41.9. The molecule has 0 aliphatic carbocycles. The van der Waals surface area contributed by atoms with Crippen LogP contribution in [0.4, 0.5) is 0 Å². The molecule has 0 spiro atoms. The average Bonchev–Trinajstić information content (AvgIpc) is 3.14. The lowest BCUT2D eigenvalue weighted by Crippen LogP contribution is -2.40. The molecule has 168 valence electrons. The highest BCUT2D eigenvalue weighted by molar-refractivity contribution is 6.30. The molecule has 1 N–H and O–H groups in total. The minimum atomic E-state index is -1.53. The minimum Gasteiger partial charge on any atom is -0.465 e. The molecule has 0 fully saturated rings. The Hall–Kier alpha value is -2.80. The monoisotopic (exact) mass is 449 g/mol. The Morgan fingerprint density at radius 1 is 0.935 bits per heavy atom. The Morgan fingerprint density at radius 3 is 1.97 bits per heavy atom. The molecule has 1 heterocycles. The van der Waals surface area contributed by atoms with Crippen LogP contribution in [0.5, 0.6) is 0 Å². The fraction of sp³-hybridized carbons (Fsp3) is 0.435. The number of benzene rings is 1. The lowest BCUT2D eigenvalue weighted by Gasteiger charge is -2.27. The molecular formula is C23H28ClNO6. The zero-order chi connectivity index (χ0) is 23.2. The summed E-state index contributed by atoms with van der Waals surface area (Å²) < 4.78 is 15.8. The van der Waals surface area contributed by atoms with E-state index in [2.05, 4.69) is 4.98 Å². The van der Waals surface area contributed by atoms with Crippen molar-refractivity contribution in [1.82, 2.24) is 4.98 Å². The fourth-order valence-corrected chi connectivity index (χ4v) is 3.27. The summed E-state index contributed by atoms with van der Waals surface area (Å²) in [7, 11) is 0. The molecule has 0 amide bonds. The predicted octanol–water partition coefficient (Wildman–Crippen LogP) is 4.50. The quantitative estimate of drug-likeness (QED) is 0.362. The Morgan fingerprint density at radius 2 is 1.48 bits per heavy atom. The third-order valence-electron chi connectivity index (χ3n) is 4.32. The summed E-state index contributed by atoms with van der Waals surface area (Å²) in [6.07, 6.45) is 1.63. The molecule has 0 unspecified atom stereocenters. The van der Waals surface area contributed by atoms with E-state index in [0.717, 1.165) is 5.56 Å². The van der Waals surface area contributed by atoms with Crippen LogP contribution >= 0.6 is 11.6 Å². The van der Waals surface area contributed by atoms with E-state index in [1.54, 1.807) is 71.1 Å². The SMILES string of the molecule is CCOC(=O)C(C(=O)OCC)[C@H](C(=O)OC(C)(C)C)c1[nH]ccc1-c1ccc(Cl)cc1. The van der Waals surface area contributed by atoms with E-state index < -0.39 is 35.3 Å². The van der Waals surface area contributed by atoms with E-state index in [1.165, 1.54) is 0 Å². The lowest BCUT2D eigenvalue weighted by atomic mass is 9.86. The average molecular weight is 450 g/mol. The van der Waals surface area contributed by atoms with Gasteiger partial charge in [-0.1, -0.05) is 23.7 Å². The molecule has 8 heteroatoms. The van der Waals surface area contributed by atoms with E-state index in [1.807, 2.05) is 0 Å². The van der Waals surface area contributed by atoms with Gasteiger partial charge in [-0.25, -0.2) is 0 Å². The summed E-state index contributed by atoms with van der Waals surface area (Å²) in [6, 6.07) is 8.74. The van der Waals surface area contributed by atoms with Gasteiger partial charge >= 0.3 is 17.9 Å². The maximum atomic E-state index is 13.3. The van der Waals surface area contributed by atoms with Crippen LogP contribution in [0, 0.1) is 5.92 Å². The predicted molar refractivity (Wildman–Crippen MR) is 117 cm³/mol. The first kappa shape index (κ1) is 24.5. The molecule has 1 aromatic carbocycles. The van der Waals surface area contributed by atoms with Crippen LogP contribution in [-0.4, -0.2) is 41.7 Å². The number of nitrogens with one attached hydrogen (secondary N) is 1. The number of carbonyl (C=O) groups is 3. The summed E-state index contributed by atoms with van der Waals surface area (Å²) in [5.41, 5.74) is 0.894. The molecule has 0 radical (unpaired) electrons. The van der Waals surface area contributed by atoms with Crippen LogP contribution in [0.3, 0.4) is 0 Å². The number of carbonyl (C=O) groups excluding carboxylic acids is 3. The third kappa shape index (κ3) is 6.34. The van der Waals surface area contributed by atoms with Crippen LogP contribution in [-0.2, 0) is 28.6 Å². The molecule has 0 aliphatic rings. The van der Waals surface area contributed by atoms with Crippen molar-refractivity contribution in [3.8, 4) is 11.1 Å². The number of hydrogen-bond donors (Lipinski definition) is 1. The van der Waals surface area contributed by atoms with Gasteiger partial charge in [0, 0.05) is 22.5 Å². The van der Waals surface area contributed by atoms with Crippen molar-refractivity contribution in [2.24, 2.45) is 5.92 Å². The number of rotatable bonds is 8. The van der Waals surface area contributed by atoms with Gasteiger partial charge < -0.3 is 19.2 Å². The first-order valence-electron chi connectivity index (χ1n) is 10.1. The van der Waals surface area contributed by atoms with Gasteiger partial charge in [-0.3, -0.25) is 14.4 Å². The maximum absolute atomic E-state index is 13.3. The Balaban J connectivity index is 2.64. The molecule has 0 saturated carbocycles. The number of aromatic amines is 1. The highest BCUT2D eigenvalue weighted by atomic mass is 35.5. The summed E-state index contributed by atoms with van der Waals surface area (Å²) >= 11 is 6.00. The normalized spacial score (nSPS) is 12.4. The van der Waals surface area contributed by atoms with Crippen molar-refractivity contribution in [2.45, 2.75) is 46.1 Å². The van der Waals surface area contributed by atoms with Gasteiger partial charge in [-0.15, -0.1) is 0 Å². The minimum absolute atomic E-state index is 0.0462. The zero-order valence-electron chi connectivity index (χ0n) is 18.4. The highest BCUT2D eigenvalue weighted by Gasteiger charge is 2.46. The van der Waals surface area contributed by atoms with Crippen molar-refractivity contribution < 1.29 is 28.6 Å². The van der Waals surface area contributed by atoms with E-state index in [-0.39, 0.29) is 13.2 Å². The van der Waals surface area contributed by atoms with E-state index in [0.29, 0.717) is 16.3 Å². The Labute approximate surface area is 187 Å². The van der Waals surface area contributed by atoms with Gasteiger partial charge in [0.2, 0.25) is 0 Å². The van der Waals surface area contributed by atoms with Crippen LogP contribution in [0.1, 0.15) is 46.2 Å². The highest BCUT2D eigenvalue weighted by Crippen LogP contribution is 2.36. The number of hydrogen-bond acceptors (Lipinski definition) is 6. The molecule has 1 aromatic heterocycles. The lowest BCUT2D eigenvalue weighted by molar-refractivity contribution is -0.172. The molecule has 31 heavy (non-hydrogen) atoms. The largest absolute Gasteiger partial charge is 0.465 e. The van der Waals surface area contributed by atoms with Crippen molar-refractivity contribution >= 4 is 29.5 Å².